The smallest absolute Gasteiger partial charge is 0.337 e. The van der Waals surface area contributed by atoms with Crippen molar-refractivity contribution in [3.8, 4) is 0 Å². The molecule has 0 spiro atoms. The third-order valence-electron chi connectivity index (χ3n) is 3.44. The summed E-state index contributed by atoms with van der Waals surface area (Å²) in [6, 6.07) is 1.43. The van der Waals surface area contributed by atoms with Crippen LogP contribution in [0.15, 0.2) is 12.3 Å². The van der Waals surface area contributed by atoms with Gasteiger partial charge in [-0.2, -0.15) is 11.8 Å². The van der Waals surface area contributed by atoms with E-state index in [0.29, 0.717) is 16.3 Å². The molecule has 1 aromatic heterocycles. The molecule has 0 radical (unpaired) electrons. The number of rotatable bonds is 5. The van der Waals surface area contributed by atoms with Gasteiger partial charge in [0.05, 0.1) is 11.3 Å². The van der Waals surface area contributed by atoms with Gasteiger partial charge in [0.1, 0.15) is 5.82 Å². The fourth-order valence-corrected chi connectivity index (χ4v) is 2.93. The highest BCUT2D eigenvalue weighted by Gasteiger charge is 2.35. The quantitative estimate of drug-likeness (QED) is 0.757. The summed E-state index contributed by atoms with van der Waals surface area (Å²) in [7, 11) is 0. The zero-order valence-corrected chi connectivity index (χ0v) is 11.1. The highest BCUT2D eigenvalue weighted by molar-refractivity contribution is 8.00. The monoisotopic (exact) mass is 267 g/mol. The maximum Gasteiger partial charge on any atom is 0.337 e. The van der Waals surface area contributed by atoms with Crippen molar-refractivity contribution in [3.05, 3.63) is 17.8 Å². The van der Waals surface area contributed by atoms with Gasteiger partial charge in [0.25, 0.3) is 0 Å². The van der Waals surface area contributed by atoms with Crippen molar-refractivity contribution in [1.29, 1.82) is 0 Å². The number of pyridine rings is 1. The summed E-state index contributed by atoms with van der Waals surface area (Å²) in [5.74, 6) is -0.444. The molecule has 5 nitrogen and oxygen atoms in total. The summed E-state index contributed by atoms with van der Waals surface area (Å²) in [6.07, 6.45) is 7.12. The predicted molar refractivity (Wildman–Crippen MR) is 74.2 cm³/mol. The molecule has 1 aliphatic carbocycles. The topological polar surface area (TPSA) is 88.2 Å². The normalized spacial score (nSPS) is 16.9. The number of carbonyl (C=O) groups is 1. The summed E-state index contributed by atoms with van der Waals surface area (Å²) < 4.78 is 0.291. The van der Waals surface area contributed by atoms with Crippen LogP contribution in [0.4, 0.5) is 11.5 Å². The first kappa shape index (κ1) is 13.0. The maximum absolute atomic E-state index is 10.8. The van der Waals surface area contributed by atoms with E-state index in [4.69, 9.17) is 10.8 Å². The van der Waals surface area contributed by atoms with Crippen molar-refractivity contribution in [2.45, 2.75) is 24.0 Å². The van der Waals surface area contributed by atoms with Crippen LogP contribution in [0.25, 0.3) is 0 Å². The number of nitrogens with zero attached hydrogens (tertiary/aromatic N) is 1. The van der Waals surface area contributed by atoms with E-state index in [1.807, 2.05) is 11.8 Å². The molecule has 6 heteroatoms. The summed E-state index contributed by atoms with van der Waals surface area (Å²) in [6.45, 7) is 0.817. The molecule has 2 rings (SSSR count). The van der Waals surface area contributed by atoms with Crippen LogP contribution in [0.3, 0.4) is 0 Å². The summed E-state index contributed by atoms with van der Waals surface area (Å²) in [5.41, 5.74) is 6.29. The van der Waals surface area contributed by atoms with Crippen LogP contribution >= 0.6 is 11.8 Å². The second-order valence-corrected chi connectivity index (χ2v) is 5.84. The molecule has 1 saturated carbocycles. The molecule has 0 aromatic carbocycles. The Kier molecular flexibility index (Phi) is 3.65. The fraction of sp³-hybridized carbons (Fsp3) is 0.500. The highest BCUT2D eigenvalue weighted by atomic mass is 32.2. The predicted octanol–water partition coefficient (Wildman–Crippen LogP) is 2.06. The van der Waals surface area contributed by atoms with Crippen molar-refractivity contribution >= 4 is 29.2 Å². The number of nitrogen functional groups attached to an aromatic ring is 1. The highest BCUT2D eigenvalue weighted by Crippen LogP contribution is 2.42. The van der Waals surface area contributed by atoms with Gasteiger partial charge in [-0.1, -0.05) is 6.42 Å². The van der Waals surface area contributed by atoms with Crippen LogP contribution in [-0.4, -0.2) is 33.6 Å². The Balaban J connectivity index is 2.03. The number of carboxylic acids is 1. The standard InChI is InChI=1S/C12H17N3O2S/c1-18-12(3-2-4-12)7-15-10-9(13)5-8(6-14-10)11(16)17/h5-6H,2-4,7,13H2,1H3,(H,14,15)(H,16,17). The second-order valence-electron chi connectivity index (χ2n) is 4.56. The van der Waals surface area contributed by atoms with Crippen molar-refractivity contribution in [3.63, 3.8) is 0 Å². The summed E-state index contributed by atoms with van der Waals surface area (Å²) >= 11 is 1.87. The Morgan fingerprint density at radius 1 is 1.67 bits per heavy atom. The van der Waals surface area contributed by atoms with Gasteiger partial charge in [-0.25, -0.2) is 9.78 Å². The molecule has 1 heterocycles. The van der Waals surface area contributed by atoms with E-state index in [9.17, 15) is 4.79 Å². The molecular formula is C12H17N3O2S. The SMILES string of the molecule is CSC1(CNc2ncc(C(=O)O)cc2N)CCC1. The average molecular weight is 267 g/mol. The van der Waals surface area contributed by atoms with Gasteiger partial charge < -0.3 is 16.2 Å². The summed E-state index contributed by atoms with van der Waals surface area (Å²) in [5, 5.41) is 12.0. The summed E-state index contributed by atoms with van der Waals surface area (Å²) in [4.78, 5) is 14.8. The lowest BCUT2D eigenvalue weighted by molar-refractivity contribution is 0.0696. The molecule has 18 heavy (non-hydrogen) atoms. The van der Waals surface area contributed by atoms with E-state index in [2.05, 4.69) is 16.6 Å². The molecule has 1 aliphatic rings. The minimum atomic E-state index is -1.01. The van der Waals surface area contributed by atoms with E-state index < -0.39 is 5.97 Å². The first-order chi connectivity index (χ1) is 8.56. The molecule has 0 atom stereocenters. The Hall–Kier alpha value is -1.43. The van der Waals surface area contributed by atoms with Crippen molar-refractivity contribution in [1.82, 2.24) is 4.98 Å². The molecule has 98 valence electrons. The second kappa shape index (κ2) is 5.06. The van der Waals surface area contributed by atoms with Crippen LogP contribution in [0, 0.1) is 0 Å². The first-order valence-corrected chi connectivity index (χ1v) is 7.07. The molecular weight excluding hydrogens is 250 g/mol. The molecule has 0 aliphatic heterocycles. The number of thioether (sulfide) groups is 1. The lowest BCUT2D eigenvalue weighted by Gasteiger charge is -2.40. The van der Waals surface area contributed by atoms with Crippen LogP contribution in [-0.2, 0) is 0 Å². The number of aromatic carboxylic acids is 1. The van der Waals surface area contributed by atoms with Crippen LogP contribution in [0.2, 0.25) is 0 Å². The van der Waals surface area contributed by atoms with Gasteiger partial charge in [-0.15, -0.1) is 0 Å². The van der Waals surface area contributed by atoms with Crippen LogP contribution < -0.4 is 11.1 Å². The number of nitrogens with two attached hydrogens (primary N) is 1. The number of aromatic nitrogens is 1. The van der Waals surface area contributed by atoms with E-state index >= 15 is 0 Å². The minimum absolute atomic E-state index is 0.112. The number of hydrogen-bond donors (Lipinski definition) is 3. The third kappa shape index (κ3) is 2.53. The Bertz CT molecular complexity index is 455. The Morgan fingerprint density at radius 2 is 2.39 bits per heavy atom. The molecule has 1 aromatic rings. The molecule has 4 N–H and O–H groups in total. The number of nitrogens with one attached hydrogen (secondary N) is 1. The fourth-order valence-electron chi connectivity index (χ4n) is 2.02. The van der Waals surface area contributed by atoms with E-state index in [-0.39, 0.29) is 5.56 Å². The van der Waals surface area contributed by atoms with Crippen molar-refractivity contribution < 1.29 is 9.90 Å². The van der Waals surface area contributed by atoms with Gasteiger partial charge in [0.2, 0.25) is 0 Å². The molecule has 0 saturated heterocycles. The van der Waals surface area contributed by atoms with Gasteiger partial charge >= 0.3 is 5.97 Å². The van der Waals surface area contributed by atoms with E-state index in [0.717, 1.165) is 6.54 Å². The van der Waals surface area contributed by atoms with Gasteiger partial charge in [0.15, 0.2) is 0 Å². The van der Waals surface area contributed by atoms with Crippen molar-refractivity contribution in [2.75, 3.05) is 23.9 Å². The zero-order chi connectivity index (χ0) is 13.2. The number of carboxylic acid groups (broad SMARTS) is 1. The molecule has 0 unspecified atom stereocenters. The Morgan fingerprint density at radius 3 is 2.83 bits per heavy atom. The van der Waals surface area contributed by atoms with Crippen LogP contribution in [0.1, 0.15) is 29.6 Å². The van der Waals surface area contributed by atoms with Gasteiger partial charge in [0, 0.05) is 17.5 Å². The van der Waals surface area contributed by atoms with Gasteiger partial charge in [-0.05, 0) is 25.2 Å². The minimum Gasteiger partial charge on any atom is -0.478 e. The lowest BCUT2D eigenvalue weighted by atomic mass is 9.84. The largest absolute Gasteiger partial charge is 0.478 e. The maximum atomic E-state index is 10.8. The molecule has 0 bridgehead atoms. The Labute approximate surface area is 110 Å². The van der Waals surface area contributed by atoms with E-state index in [1.54, 1.807) is 0 Å². The average Bonchev–Trinajstić information content (AvgIpc) is 2.29. The molecule has 0 amide bonds. The van der Waals surface area contributed by atoms with E-state index in [1.165, 1.54) is 31.5 Å². The van der Waals surface area contributed by atoms with Gasteiger partial charge in [-0.3, -0.25) is 0 Å². The lowest BCUT2D eigenvalue weighted by Crippen LogP contribution is -2.40. The number of hydrogen-bond acceptors (Lipinski definition) is 5. The first-order valence-electron chi connectivity index (χ1n) is 5.84. The third-order valence-corrected chi connectivity index (χ3v) is 4.86. The van der Waals surface area contributed by atoms with Crippen molar-refractivity contribution in [2.24, 2.45) is 0 Å². The zero-order valence-electron chi connectivity index (χ0n) is 10.3. The number of anilines is 2. The van der Waals surface area contributed by atoms with Crippen LogP contribution in [0.5, 0.6) is 0 Å². The molecule has 1 fully saturated rings.